The number of rotatable bonds is 5. The zero-order valence-corrected chi connectivity index (χ0v) is 15.6. The summed E-state index contributed by atoms with van der Waals surface area (Å²) < 4.78 is 0. The number of amides is 1. The highest BCUT2D eigenvalue weighted by Crippen LogP contribution is 2.29. The van der Waals surface area contributed by atoms with Crippen molar-refractivity contribution in [2.75, 3.05) is 5.75 Å². The average molecular weight is 380 g/mol. The van der Waals surface area contributed by atoms with Crippen molar-refractivity contribution in [3.8, 4) is 0 Å². The maximum Gasteiger partial charge on any atom is 0.230 e. The number of fused-ring (bicyclic) bond motifs is 1. The molecule has 0 saturated carbocycles. The van der Waals surface area contributed by atoms with Gasteiger partial charge in [-0.2, -0.15) is 0 Å². The molecule has 126 valence electrons. The molecule has 1 atom stereocenters. The van der Waals surface area contributed by atoms with E-state index in [1.807, 2.05) is 18.2 Å². The van der Waals surface area contributed by atoms with Crippen LogP contribution in [0.1, 0.15) is 35.6 Å². The monoisotopic (exact) mass is 379 g/mol. The first-order valence-electron chi connectivity index (χ1n) is 8.02. The Morgan fingerprint density at radius 3 is 2.83 bits per heavy atom. The van der Waals surface area contributed by atoms with Crippen molar-refractivity contribution < 1.29 is 4.79 Å². The van der Waals surface area contributed by atoms with Crippen molar-refractivity contribution in [1.82, 2.24) is 5.32 Å². The van der Waals surface area contributed by atoms with Crippen LogP contribution < -0.4 is 5.32 Å². The first-order chi connectivity index (χ1) is 11.6. The van der Waals surface area contributed by atoms with Crippen LogP contribution in [-0.4, -0.2) is 11.7 Å². The number of hydrogen-bond donors (Lipinski definition) is 1. The highest BCUT2D eigenvalue weighted by Gasteiger charge is 2.21. The van der Waals surface area contributed by atoms with Crippen LogP contribution in [0.2, 0.25) is 10.0 Å². The van der Waals surface area contributed by atoms with Gasteiger partial charge in [0.05, 0.1) is 21.8 Å². The summed E-state index contributed by atoms with van der Waals surface area (Å²) in [6.45, 7) is 0. The third-order valence-corrected chi connectivity index (χ3v) is 5.93. The van der Waals surface area contributed by atoms with Gasteiger partial charge in [-0.3, -0.25) is 4.79 Å². The van der Waals surface area contributed by atoms with E-state index in [0.717, 1.165) is 30.6 Å². The molecule has 2 aromatic carbocycles. The molecule has 0 unspecified atom stereocenters. The molecule has 0 aliphatic heterocycles. The molecule has 24 heavy (non-hydrogen) atoms. The summed E-state index contributed by atoms with van der Waals surface area (Å²) in [6, 6.07) is 14.1. The minimum Gasteiger partial charge on any atom is -0.349 e. The number of hydrogen-bond acceptors (Lipinski definition) is 2. The fraction of sp³-hybridized carbons (Fsp3) is 0.316. The van der Waals surface area contributed by atoms with Crippen molar-refractivity contribution in [2.24, 2.45) is 0 Å². The van der Waals surface area contributed by atoms with Crippen LogP contribution >= 0.6 is 35.0 Å². The summed E-state index contributed by atoms with van der Waals surface area (Å²) >= 11 is 13.5. The minimum atomic E-state index is 0.0850. The van der Waals surface area contributed by atoms with Crippen molar-refractivity contribution in [3.05, 3.63) is 69.2 Å². The Bertz CT molecular complexity index is 735. The lowest BCUT2D eigenvalue weighted by Crippen LogP contribution is -2.32. The topological polar surface area (TPSA) is 29.1 Å². The lowest BCUT2D eigenvalue weighted by atomic mass is 9.88. The Morgan fingerprint density at radius 1 is 1.17 bits per heavy atom. The first kappa shape index (κ1) is 17.7. The molecule has 0 spiro atoms. The molecule has 0 radical (unpaired) electrons. The standard InChI is InChI=1S/C19H19Cl2NOS/c20-16-9-8-13(10-17(16)21)11-24-12-19(23)22-18-7-3-5-14-4-1-2-6-15(14)18/h1-2,4,6,8-10,18H,3,5,7,11-12H2,(H,22,23)/t18-/m0/s1. The van der Waals surface area contributed by atoms with Crippen LogP contribution in [0, 0.1) is 0 Å². The molecule has 2 nitrogen and oxygen atoms in total. The van der Waals surface area contributed by atoms with Gasteiger partial charge in [-0.15, -0.1) is 11.8 Å². The highest BCUT2D eigenvalue weighted by molar-refractivity contribution is 7.99. The molecule has 0 fully saturated rings. The van der Waals surface area contributed by atoms with Crippen LogP contribution in [0.5, 0.6) is 0 Å². The Kier molecular flexibility index (Phi) is 6.09. The van der Waals surface area contributed by atoms with Gasteiger partial charge in [0.15, 0.2) is 0 Å². The van der Waals surface area contributed by atoms with Crippen LogP contribution in [-0.2, 0) is 17.0 Å². The van der Waals surface area contributed by atoms with E-state index in [0.29, 0.717) is 15.8 Å². The van der Waals surface area contributed by atoms with Crippen molar-refractivity contribution >= 4 is 40.9 Å². The molecular formula is C19H19Cl2NOS. The molecule has 1 aliphatic carbocycles. The lowest BCUT2D eigenvalue weighted by molar-refractivity contribution is -0.119. The molecule has 0 saturated heterocycles. The molecule has 2 aromatic rings. The summed E-state index contributed by atoms with van der Waals surface area (Å²) in [6.07, 6.45) is 3.24. The summed E-state index contributed by atoms with van der Waals surface area (Å²) in [5.74, 6) is 1.27. The van der Waals surface area contributed by atoms with Gasteiger partial charge in [-0.25, -0.2) is 0 Å². The third kappa shape index (κ3) is 4.47. The van der Waals surface area contributed by atoms with Crippen molar-refractivity contribution in [2.45, 2.75) is 31.1 Å². The third-order valence-electron chi connectivity index (χ3n) is 4.19. The van der Waals surface area contributed by atoms with E-state index in [1.165, 1.54) is 11.1 Å². The van der Waals surface area contributed by atoms with Gasteiger partial charge in [0.1, 0.15) is 0 Å². The summed E-state index contributed by atoms with van der Waals surface area (Å²) in [5, 5.41) is 4.28. The number of carbonyl (C=O) groups excluding carboxylic acids is 1. The van der Waals surface area contributed by atoms with Gasteiger partial charge >= 0.3 is 0 Å². The number of aryl methyl sites for hydroxylation is 1. The fourth-order valence-electron chi connectivity index (χ4n) is 3.03. The number of nitrogens with one attached hydrogen (secondary N) is 1. The molecule has 0 aromatic heterocycles. The number of carbonyl (C=O) groups is 1. The van der Waals surface area contributed by atoms with Crippen LogP contribution in [0.4, 0.5) is 0 Å². The maximum absolute atomic E-state index is 12.3. The van der Waals surface area contributed by atoms with Gasteiger partial charge in [0, 0.05) is 5.75 Å². The predicted octanol–water partition coefficient (Wildman–Crippen LogP) is 5.42. The van der Waals surface area contributed by atoms with E-state index in [1.54, 1.807) is 17.8 Å². The molecule has 1 aliphatic rings. The van der Waals surface area contributed by atoms with Crippen LogP contribution in [0.15, 0.2) is 42.5 Å². The van der Waals surface area contributed by atoms with E-state index in [-0.39, 0.29) is 11.9 Å². The second kappa shape index (κ2) is 8.28. The number of benzene rings is 2. The predicted molar refractivity (Wildman–Crippen MR) is 103 cm³/mol. The normalized spacial score (nSPS) is 16.5. The second-order valence-electron chi connectivity index (χ2n) is 5.95. The molecule has 1 N–H and O–H groups in total. The quantitative estimate of drug-likeness (QED) is 0.750. The largest absolute Gasteiger partial charge is 0.349 e. The molecule has 1 amide bonds. The van der Waals surface area contributed by atoms with E-state index in [4.69, 9.17) is 23.2 Å². The van der Waals surface area contributed by atoms with E-state index in [2.05, 4.69) is 23.5 Å². The molecular weight excluding hydrogens is 361 g/mol. The lowest BCUT2D eigenvalue weighted by Gasteiger charge is -2.26. The Balaban J connectivity index is 1.50. The second-order valence-corrected chi connectivity index (χ2v) is 7.75. The van der Waals surface area contributed by atoms with Crippen LogP contribution in [0.3, 0.4) is 0 Å². The zero-order chi connectivity index (χ0) is 16.9. The van der Waals surface area contributed by atoms with Crippen molar-refractivity contribution in [1.29, 1.82) is 0 Å². The van der Waals surface area contributed by atoms with E-state index < -0.39 is 0 Å². The molecule has 0 heterocycles. The molecule has 5 heteroatoms. The number of thioether (sulfide) groups is 1. The minimum absolute atomic E-state index is 0.0850. The first-order valence-corrected chi connectivity index (χ1v) is 9.93. The molecule has 0 bridgehead atoms. The van der Waals surface area contributed by atoms with Crippen LogP contribution in [0.25, 0.3) is 0 Å². The smallest absolute Gasteiger partial charge is 0.230 e. The van der Waals surface area contributed by atoms with E-state index >= 15 is 0 Å². The zero-order valence-electron chi connectivity index (χ0n) is 13.2. The van der Waals surface area contributed by atoms with E-state index in [9.17, 15) is 4.79 Å². The fourth-order valence-corrected chi connectivity index (χ4v) is 4.14. The van der Waals surface area contributed by atoms with Gasteiger partial charge in [-0.1, -0.05) is 53.5 Å². The van der Waals surface area contributed by atoms with Gasteiger partial charge in [0.25, 0.3) is 0 Å². The summed E-state index contributed by atoms with van der Waals surface area (Å²) in [4.78, 5) is 12.3. The Morgan fingerprint density at radius 2 is 2.00 bits per heavy atom. The van der Waals surface area contributed by atoms with Gasteiger partial charge in [-0.05, 0) is 48.1 Å². The Hall–Kier alpha value is -1.16. The van der Waals surface area contributed by atoms with Gasteiger partial charge in [0.2, 0.25) is 5.91 Å². The average Bonchev–Trinajstić information content (AvgIpc) is 2.58. The SMILES string of the molecule is O=C(CSCc1ccc(Cl)c(Cl)c1)N[C@H]1CCCc2ccccc21. The van der Waals surface area contributed by atoms with Gasteiger partial charge < -0.3 is 5.32 Å². The Labute approximate surface area is 156 Å². The molecule has 3 rings (SSSR count). The highest BCUT2D eigenvalue weighted by atomic mass is 35.5. The summed E-state index contributed by atoms with van der Waals surface area (Å²) in [7, 11) is 0. The summed E-state index contributed by atoms with van der Waals surface area (Å²) in [5.41, 5.74) is 3.70. The maximum atomic E-state index is 12.3. The number of halogens is 2. The van der Waals surface area contributed by atoms with Crippen molar-refractivity contribution in [3.63, 3.8) is 0 Å².